The Balaban J connectivity index is 2.37. The fraction of sp³-hybridized carbons (Fsp3) is 0.375. The van der Waals surface area contributed by atoms with Crippen LogP contribution in [0.5, 0.6) is 11.5 Å². The van der Waals surface area contributed by atoms with Crippen molar-refractivity contribution in [3.63, 3.8) is 0 Å². The average molecular weight is 348 g/mol. The van der Waals surface area contributed by atoms with E-state index in [4.69, 9.17) is 9.47 Å². The molecule has 0 aliphatic rings. The summed E-state index contributed by atoms with van der Waals surface area (Å²) < 4.78 is 12.4. The summed E-state index contributed by atoms with van der Waals surface area (Å²) in [5.41, 5.74) is 0.795. The smallest absolute Gasteiger partial charge is 0.296 e. The number of hydrogen-bond acceptors (Lipinski definition) is 7. The number of ether oxygens (including phenoxy) is 2. The Morgan fingerprint density at radius 1 is 1.21 bits per heavy atom. The number of rotatable bonds is 7. The van der Waals surface area contributed by atoms with Crippen molar-refractivity contribution in [2.45, 2.75) is 25.9 Å². The van der Waals surface area contributed by atoms with Crippen molar-refractivity contribution in [3.8, 4) is 11.5 Å². The van der Waals surface area contributed by atoms with E-state index in [1.807, 2.05) is 38.3 Å². The van der Waals surface area contributed by atoms with Crippen LogP contribution in [0.3, 0.4) is 0 Å². The lowest BCUT2D eigenvalue weighted by Gasteiger charge is -2.11. The molecule has 0 saturated heterocycles. The zero-order valence-electron chi connectivity index (χ0n) is 14.1. The first-order valence-electron chi connectivity index (χ1n) is 7.55. The molecule has 2 rings (SSSR count). The highest BCUT2D eigenvalue weighted by atomic mass is 32.2. The van der Waals surface area contributed by atoms with Gasteiger partial charge in [-0.3, -0.25) is 4.79 Å². The van der Waals surface area contributed by atoms with Gasteiger partial charge < -0.3 is 9.47 Å². The Labute approximate surface area is 144 Å². The Bertz CT molecular complexity index is 789. The Morgan fingerprint density at radius 2 is 1.92 bits per heavy atom. The van der Waals surface area contributed by atoms with Gasteiger partial charge >= 0.3 is 0 Å². The second-order valence-electron chi connectivity index (χ2n) is 4.71. The summed E-state index contributed by atoms with van der Waals surface area (Å²) >= 11 is 1.30. The van der Waals surface area contributed by atoms with Gasteiger partial charge in [0, 0.05) is 0 Å². The van der Waals surface area contributed by atoms with Gasteiger partial charge in [-0.25, -0.2) is 0 Å². The quantitative estimate of drug-likeness (QED) is 0.564. The molecule has 0 aliphatic carbocycles. The zero-order valence-corrected chi connectivity index (χ0v) is 15.0. The zero-order chi connectivity index (χ0) is 17.5. The van der Waals surface area contributed by atoms with Crippen LogP contribution in [0.25, 0.3) is 0 Å². The van der Waals surface area contributed by atoms with Crippen LogP contribution in [-0.4, -0.2) is 40.6 Å². The summed E-state index contributed by atoms with van der Waals surface area (Å²) in [6.45, 7) is 6.52. The molecule has 0 aliphatic heterocycles. The van der Waals surface area contributed by atoms with Gasteiger partial charge in [0.15, 0.2) is 11.5 Å². The molecule has 1 heterocycles. The molecule has 2 aromatic rings. The Kier molecular flexibility index (Phi) is 6.36. The average Bonchev–Trinajstić information content (AvgIpc) is 2.58. The molecule has 0 bridgehead atoms. The minimum absolute atomic E-state index is 0.290. The van der Waals surface area contributed by atoms with Gasteiger partial charge in [0.05, 0.1) is 19.4 Å². The minimum atomic E-state index is -0.290. The van der Waals surface area contributed by atoms with E-state index < -0.39 is 0 Å². The minimum Gasteiger partial charge on any atom is -0.490 e. The van der Waals surface area contributed by atoms with Gasteiger partial charge in [0.2, 0.25) is 5.16 Å². The van der Waals surface area contributed by atoms with Crippen LogP contribution in [0.2, 0.25) is 0 Å². The van der Waals surface area contributed by atoms with E-state index in [1.54, 1.807) is 13.1 Å². The van der Waals surface area contributed by atoms with Gasteiger partial charge in [0.1, 0.15) is 5.69 Å². The topological polar surface area (TPSA) is 78.6 Å². The summed E-state index contributed by atoms with van der Waals surface area (Å²) in [7, 11) is 0. The number of thioether (sulfide) groups is 1. The number of nitrogens with zero attached hydrogens (tertiary/aromatic N) is 4. The lowest BCUT2D eigenvalue weighted by atomic mass is 10.2. The van der Waals surface area contributed by atoms with Gasteiger partial charge in [-0.15, -0.1) is 10.2 Å². The highest BCUT2D eigenvalue weighted by molar-refractivity contribution is 7.98. The maximum absolute atomic E-state index is 12.2. The SMILES string of the molecule is CCOc1ccc(/C=N\n2c(SC)nnc(C)c2=O)cc1OCC. The van der Waals surface area contributed by atoms with Gasteiger partial charge in [-0.1, -0.05) is 11.8 Å². The lowest BCUT2D eigenvalue weighted by Crippen LogP contribution is -2.23. The van der Waals surface area contributed by atoms with E-state index in [-0.39, 0.29) is 5.56 Å². The standard InChI is InChI=1S/C16H20N4O3S/c1-5-22-13-8-7-12(9-14(13)23-6-2)10-17-20-15(21)11(3)18-19-16(20)24-4/h7-10H,5-6H2,1-4H3/b17-10-. The fourth-order valence-electron chi connectivity index (χ4n) is 1.94. The van der Waals surface area contributed by atoms with Crippen molar-refractivity contribution in [2.75, 3.05) is 19.5 Å². The van der Waals surface area contributed by atoms with E-state index in [2.05, 4.69) is 15.3 Å². The van der Waals surface area contributed by atoms with Crippen LogP contribution in [0.4, 0.5) is 0 Å². The van der Waals surface area contributed by atoms with Gasteiger partial charge in [-0.2, -0.15) is 9.78 Å². The molecular formula is C16H20N4O3S. The Morgan fingerprint density at radius 3 is 2.58 bits per heavy atom. The maximum Gasteiger partial charge on any atom is 0.296 e. The number of hydrogen-bond donors (Lipinski definition) is 0. The Hall–Kier alpha value is -2.35. The molecule has 24 heavy (non-hydrogen) atoms. The third-order valence-electron chi connectivity index (χ3n) is 3.04. The molecule has 0 unspecified atom stereocenters. The van der Waals surface area contributed by atoms with Crippen LogP contribution in [0.1, 0.15) is 25.1 Å². The molecule has 0 radical (unpaired) electrons. The van der Waals surface area contributed by atoms with Crippen molar-refractivity contribution in [2.24, 2.45) is 5.10 Å². The van der Waals surface area contributed by atoms with Crippen LogP contribution < -0.4 is 15.0 Å². The fourth-order valence-corrected chi connectivity index (χ4v) is 2.37. The van der Waals surface area contributed by atoms with E-state index in [0.29, 0.717) is 35.6 Å². The van der Waals surface area contributed by atoms with E-state index >= 15 is 0 Å². The molecule has 1 aromatic carbocycles. The van der Waals surface area contributed by atoms with Crippen molar-refractivity contribution in [1.29, 1.82) is 0 Å². The summed E-state index contributed by atoms with van der Waals surface area (Å²) in [6.07, 6.45) is 3.40. The molecule has 0 amide bonds. The molecule has 1 aromatic heterocycles. The van der Waals surface area contributed by atoms with Crippen LogP contribution in [0, 0.1) is 6.92 Å². The van der Waals surface area contributed by atoms with E-state index in [9.17, 15) is 4.79 Å². The molecule has 0 N–H and O–H groups in total. The maximum atomic E-state index is 12.2. The first-order valence-corrected chi connectivity index (χ1v) is 8.77. The first kappa shape index (κ1) is 18.0. The monoisotopic (exact) mass is 348 g/mol. The van der Waals surface area contributed by atoms with E-state index in [0.717, 1.165) is 5.56 Å². The largest absolute Gasteiger partial charge is 0.490 e. The predicted molar refractivity (Wildman–Crippen MR) is 94.6 cm³/mol. The highest BCUT2D eigenvalue weighted by Gasteiger charge is 2.08. The second-order valence-corrected chi connectivity index (χ2v) is 5.48. The molecular weight excluding hydrogens is 328 g/mol. The number of benzene rings is 1. The van der Waals surface area contributed by atoms with E-state index in [1.165, 1.54) is 16.4 Å². The van der Waals surface area contributed by atoms with Crippen molar-refractivity contribution < 1.29 is 9.47 Å². The van der Waals surface area contributed by atoms with Crippen molar-refractivity contribution >= 4 is 18.0 Å². The second kappa shape index (κ2) is 8.49. The summed E-state index contributed by atoms with van der Waals surface area (Å²) in [6, 6.07) is 5.50. The van der Waals surface area contributed by atoms with Crippen LogP contribution in [0.15, 0.2) is 33.3 Å². The number of aryl methyl sites for hydroxylation is 1. The molecule has 0 fully saturated rings. The summed E-state index contributed by atoms with van der Waals surface area (Å²) in [5.74, 6) is 1.32. The molecule has 128 valence electrons. The molecule has 0 spiro atoms. The molecule has 0 atom stereocenters. The normalized spacial score (nSPS) is 11.0. The highest BCUT2D eigenvalue weighted by Crippen LogP contribution is 2.28. The molecule has 0 saturated carbocycles. The summed E-state index contributed by atoms with van der Waals surface area (Å²) in [5, 5.41) is 12.5. The van der Waals surface area contributed by atoms with Gasteiger partial charge in [0.25, 0.3) is 5.56 Å². The third kappa shape index (κ3) is 4.14. The lowest BCUT2D eigenvalue weighted by molar-refractivity contribution is 0.288. The first-order chi connectivity index (χ1) is 11.6. The van der Waals surface area contributed by atoms with Gasteiger partial charge in [-0.05, 0) is 50.8 Å². The molecule has 8 heteroatoms. The predicted octanol–water partition coefficient (Wildman–Crippen LogP) is 2.35. The van der Waals surface area contributed by atoms with Crippen LogP contribution in [-0.2, 0) is 0 Å². The number of aromatic nitrogens is 3. The van der Waals surface area contributed by atoms with Crippen molar-refractivity contribution in [1.82, 2.24) is 14.9 Å². The van der Waals surface area contributed by atoms with Crippen LogP contribution >= 0.6 is 11.8 Å². The third-order valence-corrected chi connectivity index (χ3v) is 3.66. The van der Waals surface area contributed by atoms with Crippen molar-refractivity contribution in [3.05, 3.63) is 39.8 Å². The molecule has 7 nitrogen and oxygen atoms in total. The summed E-state index contributed by atoms with van der Waals surface area (Å²) in [4.78, 5) is 12.2.